The number of nitrogens with one attached hydrogen (secondary N) is 2. The van der Waals surface area contributed by atoms with Gasteiger partial charge in [0.2, 0.25) is 0 Å². The number of aromatic nitrogens is 2. The maximum absolute atomic E-state index is 12.4. The van der Waals surface area contributed by atoms with Crippen LogP contribution in [0.2, 0.25) is 5.02 Å². The summed E-state index contributed by atoms with van der Waals surface area (Å²) in [5.74, 6) is 0. The maximum atomic E-state index is 12.4. The van der Waals surface area contributed by atoms with E-state index in [1.807, 2.05) is 30.3 Å². The molecule has 0 spiro atoms. The number of carbonyl (C=O) groups is 1. The molecular formula is C22H24ClN5O2. The summed E-state index contributed by atoms with van der Waals surface area (Å²) in [6, 6.07) is 14.4. The fraction of sp³-hybridized carbons (Fsp3) is 0.318. The number of hydrogen-bond donors (Lipinski definition) is 2. The molecule has 1 aliphatic heterocycles. The van der Waals surface area contributed by atoms with Gasteiger partial charge in [-0.25, -0.2) is 9.78 Å². The third-order valence-corrected chi connectivity index (χ3v) is 5.54. The van der Waals surface area contributed by atoms with Gasteiger partial charge in [0.1, 0.15) is 5.65 Å². The Bertz CT molecular complexity index is 1090. The number of pyridine rings is 1. The van der Waals surface area contributed by atoms with Gasteiger partial charge >= 0.3 is 6.03 Å². The number of hydrogen-bond acceptors (Lipinski definition) is 4. The molecule has 8 heteroatoms. The van der Waals surface area contributed by atoms with E-state index in [1.165, 1.54) is 4.40 Å². The molecule has 1 atom stereocenters. The normalized spacial score (nSPS) is 17.0. The van der Waals surface area contributed by atoms with Crippen molar-refractivity contribution in [2.75, 3.05) is 18.4 Å². The van der Waals surface area contributed by atoms with E-state index in [4.69, 9.17) is 11.6 Å². The van der Waals surface area contributed by atoms with Crippen molar-refractivity contribution in [1.82, 2.24) is 19.6 Å². The lowest BCUT2D eigenvalue weighted by Crippen LogP contribution is -2.47. The van der Waals surface area contributed by atoms with E-state index >= 15 is 0 Å². The lowest BCUT2D eigenvalue weighted by Gasteiger charge is -2.35. The van der Waals surface area contributed by atoms with Crippen molar-refractivity contribution in [2.24, 2.45) is 0 Å². The monoisotopic (exact) mass is 425 g/mol. The molecular weight excluding hydrogens is 402 g/mol. The minimum atomic E-state index is -0.217. The van der Waals surface area contributed by atoms with E-state index < -0.39 is 0 Å². The number of piperidine rings is 1. The molecule has 1 unspecified atom stereocenters. The average Bonchev–Trinajstić information content (AvgIpc) is 2.74. The highest BCUT2D eigenvalue weighted by molar-refractivity contribution is 6.30. The van der Waals surface area contributed by atoms with E-state index in [1.54, 1.807) is 24.4 Å². The van der Waals surface area contributed by atoms with Gasteiger partial charge in [0.05, 0.1) is 10.7 Å². The van der Waals surface area contributed by atoms with Gasteiger partial charge in [0, 0.05) is 37.1 Å². The van der Waals surface area contributed by atoms with Crippen molar-refractivity contribution in [3.8, 4) is 0 Å². The zero-order chi connectivity index (χ0) is 20.9. The Morgan fingerprint density at radius 1 is 1.17 bits per heavy atom. The van der Waals surface area contributed by atoms with Crippen LogP contribution in [-0.4, -0.2) is 39.4 Å². The van der Waals surface area contributed by atoms with Crippen LogP contribution in [-0.2, 0) is 6.54 Å². The summed E-state index contributed by atoms with van der Waals surface area (Å²) in [4.78, 5) is 31.6. The van der Waals surface area contributed by atoms with Gasteiger partial charge in [-0.3, -0.25) is 14.1 Å². The number of amides is 2. The Balaban J connectivity index is 1.41. The topological polar surface area (TPSA) is 78.7 Å². The minimum Gasteiger partial charge on any atom is -0.336 e. The van der Waals surface area contributed by atoms with Crippen LogP contribution in [0.15, 0.2) is 59.5 Å². The molecule has 2 aromatic heterocycles. The molecule has 7 nitrogen and oxygen atoms in total. The molecule has 1 fully saturated rings. The van der Waals surface area contributed by atoms with Crippen molar-refractivity contribution < 1.29 is 4.79 Å². The molecule has 3 aromatic rings. The van der Waals surface area contributed by atoms with Crippen LogP contribution in [0, 0.1) is 0 Å². The van der Waals surface area contributed by atoms with Gasteiger partial charge in [-0.2, -0.15) is 0 Å². The quantitative estimate of drug-likeness (QED) is 0.655. The van der Waals surface area contributed by atoms with E-state index in [-0.39, 0.29) is 17.6 Å². The molecule has 30 heavy (non-hydrogen) atoms. The number of nitrogens with zero attached hydrogens (tertiary/aromatic N) is 3. The molecule has 2 amide bonds. The molecule has 4 rings (SSSR count). The second-order valence-corrected chi connectivity index (χ2v) is 7.92. The Labute approximate surface area is 179 Å². The first kappa shape index (κ1) is 20.4. The summed E-state index contributed by atoms with van der Waals surface area (Å²) in [5.41, 5.74) is 1.92. The molecule has 0 radical (unpaired) electrons. The first-order valence-corrected chi connectivity index (χ1v) is 10.5. The number of para-hydroxylation sites is 1. The summed E-state index contributed by atoms with van der Waals surface area (Å²) in [6.45, 7) is 2.02. The number of likely N-dealkylation sites (tertiary alicyclic amines) is 1. The van der Waals surface area contributed by atoms with Crippen LogP contribution < -0.4 is 16.2 Å². The summed E-state index contributed by atoms with van der Waals surface area (Å²) in [7, 11) is 0. The number of anilines is 1. The van der Waals surface area contributed by atoms with Gasteiger partial charge in [0.25, 0.3) is 5.56 Å². The van der Waals surface area contributed by atoms with Gasteiger partial charge in [-0.15, -0.1) is 0 Å². The number of benzene rings is 1. The van der Waals surface area contributed by atoms with Crippen LogP contribution in [0.5, 0.6) is 0 Å². The lowest BCUT2D eigenvalue weighted by molar-refractivity contribution is 0.137. The fourth-order valence-electron chi connectivity index (χ4n) is 3.82. The Morgan fingerprint density at radius 3 is 2.83 bits per heavy atom. The van der Waals surface area contributed by atoms with Crippen LogP contribution in [0.4, 0.5) is 10.5 Å². The van der Waals surface area contributed by atoms with Crippen LogP contribution in [0.3, 0.4) is 0 Å². The van der Waals surface area contributed by atoms with Crippen LogP contribution in [0.1, 0.15) is 25.0 Å². The highest BCUT2D eigenvalue weighted by Gasteiger charge is 2.23. The summed E-state index contributed by atoms with van der Waals surface area (Å²) < 4.78 is 1.45. The number of fused-ring (bicyclic) bond motifs is 1. The van der Waals surface area contributed by atoms with Crippen molar-refractivity contribution in [1.29, 1.82) is 0 Å². The van der Waals surface area contributed by atoms with E-state index in [9.17, 15) is 9.59 Å². The standard InChI is InChI=1S/C22H24ClN5O2/c23-16-9-10-20-25-18(12-21(29)28(20)14-16)15-27-11-5-4-8-19(27)13-24-22(30)26-17-6-2-1-3-7-17/h1-3,6-7,9-10,12,14,19H,4-5,8,11,13,15H2,(H2,24,26,30). The zero-order valence-corrected chi connectivity index (χ0v) is 17.3. The van der Waals surface area contributed by atoms with E-state index in [2.05, 4.69) is 20.5 Å². The largest absolute Gasteiger partial charge is 0.336 e. The smallest absolute Gasteiger partial charge is 0.319 e. The molecule has 2 N–H and O–H groups in total. The Hall–Kier alpha value is -2.90. The Kier molecular flexibility index (Phi) is 6.30. The van der Waals surface area contributed by atoms with E-state index in [0.717, 1.165) is 37.2 Å². The summed E-state index contributed by atoms with van der Waals surface area (Å²) >= 11 is 5.98. The zero-order valence-electron chi connectivity index (χ0n) is 16.6. The molecule has 1 aliphatic rings. The fourth-order valence-corrected chi connectivity index (χ4v) is 3.98. The second-order valence-electron chi connectivity index (χ2n) is 7.48. The predicted molar refractivity (Wildman–Crippen MR) is 118 cm³/mol. The molecule has 156 valence electrons. The third kappa shape index (κ3) is 4.98. The van der Waals surface area contributed by atoms with Crippen molar-refractivity contribution >= 4 is 29.0 Å². The lowest BCUT2D eigenvalue weighted by atomic mass is 10.0. The number of rotatable bonds is 5. The van der Waals surface area contributed by atoms with Gasteiger partial charge in [-0.1, -0.05) is 36.2 Å². The maximum Gasteiger partial charge on any atom is 0.319 e. The van der Waals surface area contributed by atoms with Crippen LogP contribution >= 0.6 is 11.6 Å². The molecule has 3 heterocycles. The average molecular weight is 426 g/mol. The van der Waals surface area contributed by atoms with Crippen molar-refractivity contribution in [3.05, 3.63) is 75.8 Å². The molecule has 0 bridgehead atoms. The Morgan fingerprint density at radius 2 is 2.00 bits per heavy atom. The summed E-state index contributed by atoms with van der Waals surface area (Å²) in [5, 5.41) is 6.31. The first-order valence-electron chi connectivity index (χ1n) is 10.1. The molecule has 1 aromatic carbocycles. The highest BCUT2D eigenvalue weighted by atomic mass is 35.5. The molecule has 0 saturated carbocycles. The number of urea groups is 1. The minimum absolute atomic E-state index is 0.147. The number of halogens is 1. The predicted octanol–water partition coefficient (Wildman–Crippen LogP) is 3.52. The first-order chi connectivity index (χ1) is 14.6. The van der Waals surface area contributed by atoms with E-state index in [0.29, 0.717) is 23.8 Å². The highest BCUT2D eigenvalue weighted by Crippen LogP contribution is 2.19. The van der Waals surface area contributed by atoms with Gasteiger partial charge in [-0.05, 0) is 43.7 Å². The van der Waals surface area contributed by atoms with Crippen molar-refractivity contribution in [2.45, 2.75) is 31.8 Å². The SMILES string of the molecule is O=C(NCC1CCCCN1Cc1cc(=O)n2cc(Cl)ccc2n1)Nc1ccccc1. The summed E-state index contributed by atoms with van der Waals surface area (Å²) in [6.07, 6.45) is 4.78. The van der Waals surface area contributed by atoms with Crippen LogP contribution in [0.25, 0.3) is 5.65 Å². The molecule has 1 saturated heterocycles. The molecule has 0 aliphatic carbocycles. The van der Waals surface area contributed by atoms with Gasteiger partial charge < -0.3 is 10.6 Å². The van der Waals surface area contributed by atoms with Crippen molar-refractivity contribution in [3.63, 3.8) is 0 Å². The second kappa shape index (κ2) is 9.28. The van der Waals surface area contributed by atoms with Gasteiger partial charge in [0.15, 0.2) is 0 Å². The third-order valence-electron chi connectivity index (χ3n) is 5.32. The number of carbonyl (C=O) groups excluding carboxylic acids is 1.